The van der Waals surface area contributed by atoms with Crippen LogP contribution in [-0.4, -0.2) is 10.3 Å². The molecule has 0 bridgehead atoms. The molecule has 0 radical (unpaired) electrons. The molecule has 14 heavy (non-hydrogen) atoms. The van der Waals surface area contributed by atoms with Crippen LogP contribution in [0.2, 0.25) is 0 Å². The molecular formula is C9H7BrN2OS. The van der Waals surface area contributed by atoms with Gasteiger partial charge in [0.25, 0.3) is 0 Å². The second kappa shape index (κ2) is 3.67. The van der Waals surface area contributed by atoms with E-state index in [2.05, 4.69) is 25.6 Å². The lowest BCUT2D eigenvalue weighted by atomic mass is 10.2. The Kier molecular flexibility index (Phi) is 2.52. The summed E-state index contributed by atoms with van der Waals surface area (Å²) in [5, 5.41) is 3.67. The predicted octanol–water partition coefficient (Wildman–Crippen LogP) is 3.02. The summed E-state index contributed by atoms with van der Waals surface area (Å²) in [7, 11) is 0. The van der Waals surface area contributed by atoms with Crippen LogP contribution in [0, 0.1) is 0 Å². The predicted molar refractivity (Wildman–Crippen MR) is 61.6 cm³/mol. The van der Waals surface area contributed by atoms with Gasteiger partial charge in [-0.2, -0.15) is 4.37 Å². The van der Waals surface area contributed by atoms with Gasteiger partial charge in [-0.05, 0) is 39.6 Å². The molecule has 2 aromatic rings. The van der Waals surface area contributed by atoms with Gasteiger partial charge in [0.05, 0.1) is 4.70 Å². The molecule has 2 rings (SSSR count). The number of hydrogen-bond acceptors (Lipinski definition) is 3. The van der Waals surface area contributed by atoms with Gasteiger partial charge in [0.1, 0.15) is 0 Å². The first-order valence-electron chi connectivity index (χ1n) is 4.00. The Morgan fingerprint density at radius 1 is 1.57 bits per heavy atom. The first-order chi connectivity index (χ1) is 6.68. The van der Waals surface area contributed by atoms with E-state index >= 15 is 0 Å². The molecule has 0 atom stereocenters. The van der Waals surface area contributed by atoms with Gasteiger partial charge in [0, 0.05) is 16.8 Å². The summed E-state index contributed by atoms with van der Waals surface area (Å²) in [6, 6.07) is 5.82. The number of anilines is 1. The Hall–Kier alpha value is -0.940. The molecule has 0 aliphatic rings. The van der Waals surface area contributed by atoms with Crippen LogP contribution in [0.25, 0.3) is 10.1 Å². The smallest absolute Gasteiger partial charge is 0.222 e. The summed E-state index contributed by atoms with van der Waals surface area (Å²) < 4.78 is 6.23. The molecule has 1 heterocycles. The minimum absolute atomic E-state index is 0.0998. The number of nitrogens with one attached hydrogen (secondary N) is 1. The van der Waals surface area contributed by atoms with Crippen molar-refractivity contribution in [2.24, 2.45) is 0 Å². The van der Waals surface area contributed by atoms with Crippen molar-refractivity contribution in [3.63, 3.8) is 0 Å². The summed E-state index contributed by atoms with van der Waals surface area (Å²) >= 11 is 4.81. The number of carbonyl (C=O) groups is 1. The number of carbonyl (C=O) groups excluding carboxylic acids is 1. The van der Waals surface area contributed by atoms with E-state index in [1.165, 1.54) is 18.5 Å². The monoisotopic (exact) mass is 270 g/mol. The van der Waals surface area contributed by atoms with Crippen LogP contribution in [-0.2, 0) is 4.79 Å². The van der Waals surface area contributed by atoms with Crippen LogP contribution < -0.4 is 5.32 Å². The quantitative estimate of drug-likeness (QED) is 0.866. The van der Waals surface area contributed by atoms with Crippen molar-refractivity contribution in [2.45, 2.75) is 6.92 Å². The summed E-state index contributed by atoms with van der Waals surface area (Å²) in [6.45, 7) is 1.48. The number of halogens is 1. The zero-order chi connectivity index (χ0) is 10.1. The van der Waals surface area contributed by atoms with E-state index in [-0.39, 0.29) is 5.91 Å². The Morgan fingerprint density at radius 3 is 3.07 bits per heavy atom. The third kappa shape index (κ3) is 1.65. The highest BCUT2D eigenvalue weighted by atomic mass is 79.9. The van der Waals surface area contributed by atoms with Crippen LogP contribution in [0.5, 0.6) is 0 Å². The van der Waals surface area contributed by atoms with Crippen molar-refractivity contribution in [2.75, 3.05) is 5.32 Å². The molecular weight excluding hydrogens is 264 g/mol. The third-order valence-electron chi connectivity index (χ3n) is 1.74. The van der Waals surface area contributed by atoms with E-state index in [1.807, 2.05) is 18.2 Å². The fraction of sp³-hybridized carbons (Fsp3) is 0.111. The van der Waals surface area contributed by atoms with E-state index in [0.717, 1.165) is 14.6 Å². The second-order valence-corrected chi connectivity index (χ2v) is 4.46. The van der Waals surface area contributed by atoms with Gasteiger partial charge in [-0.3, -0.25) is 4.79 Å². The molecule has 0 aliphatic heterocycles. The highest BCUT2D eigenvalue weighted by molar-refractivity contribution is 9.10. The molecule has 3 nitrogen and oxygen atoms in total. The minimum atomic E-state index is -0.0998. The SMILES string of the molecule is CC(=O)Nc1nsc2c(Br)cccc12. The van der Waals surface area contributed by atoms with E-state index in [9.17, 15) is 4.79 Å². The number of rotatable bonds is 1. The van der Waals surface area contributed by atoms with Gasteiger partial charge in [-0.15, -0.1) is 0 Å². The molecule has 0 unspecified atom stereocenters. The molecule has 1 amide bonds. The fourth-order valence-electron chi connectivity index (χ4n) is 1.19. The number of hydrogen-bond donors (Lipinski definition) is 1. The lowest BCUT2D eigenvalue weighted by Crippen LogP contribution is -2.05. The molecule has 1 N–H and O–H groups in total. The Morgan fingerprint density at radius 2 is 2.36 bits per heavy atom. The maximum atomic E-state index is 10.9. The second-order valence-electron chi connectivity index (χ2n) is 2.83. The minimum Gasteiger partial charge on any atom is -0.310 e. The first-order valence-corrected chi connectivity index (χ1v) is 5.56. The van der Waals surface area contributed by atoms with Gasteiger partial charge in [0.2, 0.25) is 5.91 Å². The van der Waals surface area contributed by atoms with Crippen LogP contribution in [0.4, 0.5) is 5.82 Å². The van der Waals surface area contributed by atoms with E-state index < -0.39 is 0 Å². The summed E-state index contributed by atoms with van der Waals surface area (Å²) in [4.78, 5) is 10.9. The number of fused-ring (bicyclic) bond motifs is 1. The Bertz CT molecular complexity index is 495. The van der Waals surface area contributed by atoms with E-state index in [1.54, 1.807) is 0 Å². The zero-order valence-electron chi connectivity index (χ0n) is 7.37. The van der Waals surface area contributed by atoms with Crippen LogP contribution >= 0.6 is 27.5 Å². The van der Waals surface area contributed by atoms with Gasteiger partial charge in [0.15, 0.2) is 5.82 Å². The number of aromatic nitrogens is 1. The van der Waals surface area contributed by atoms with Crippen molar-refractivity contribution in [1.82, 2.24) is 4.37 Å². The largest absolute Gasteiger partial charge is 0.310 e. The number of benzene rings is 1. The van der Waals surface area contributed by atoms with Crippen molar-refractivity contribution in [1.29, 1.82) is 0 Å². The highest BCUT2D eigenvalue weighted by Gasteiger charge is 2.08. The molecule has 0 saturated heterocycles. The maximum absolute atomic E-state index is 10.9. The average molecular weight is 271 g/mol. The highest BCUT2D eigenvalue weighted by Crippen LogP contribution is 2.32. The van der Waals surface area contributed by atoms with E-state index in [0.29, 0.717) is 5.82 Å². The molecule has 5 heteroatoms. The average Bonchev–Trinajstić information content (AvgIpc) is 2.49. The van der Waals surface area contributed by atoms with Crippen molar-refractivity contribution < 1.29 is 4.79 Å². The molecule has 1 aromatic heterocycles. The topological polar surface area (TPSA) is 42.0 Å². The molecule has 0 aliphatic carbocycles. The van der Waals surface area contributed by atoms with E-state index in [4.69, 9.17) is 0 Å². The standard InChI is InChI=1S/C9H7BrN2OS/c1-5(13)11-9-6-3-2-4-7(10)8(6)14-12-9/h2-4H,1H3,(H,11,12,13). The molecule has 0 spiro atoms. The molecule has 0 fully saturated rings. The Balaban J connectivity index is 2.58. The summed E-state index contributed by atoms with van der Waals surface area (Å²) in [5.74, 6) is 0.538. The Labute approximate surface area is 93.4 Å². The maximum Gasteiger partial charge on any atom is 0.222 e. The van der Waals surface area contributed by atoms with Gasteiger partial charge in [-0.25, -0.2) is 0 Å². The third-order valence-corrected chi connectivity index (χ3v) is 3.56. The van der Waals surface area contributed by atoms with Crippen molar-refractivity contribution >= 4 is 49.3 Å². The van der Waals surface area contributed by atoms with Crippen LogP contribution in [0.3, 0.4) is 0 Å². The first kappa shape index (κ1) is 9.61. The summed E-state index contributed by atoms with van der Waals surface area (Å²) in [5.41, 5.74) is 0. The number of amides is 1. The van der Waals surface area contributed by atoms with Gasteiger partial charge >= 0.3 is 0 Å². The van der Waals surface area contributed by atoms with Gasteiger partial charge in [-0.1, -0.05) is 6.07 Å². The molecule has 0 saturated carbocycles. The summed E-state index contributed by atoms with van der Waals surface area (Å²) in [6.07, 6.45) is 0. The normalized spacial score (nSPS) is 10.4. The fourth-order valence-corrected chi connectivity index (χ4v) is 2.51. The number of nitrogens with zero attached hydrogens (tertiary/aromatic N) is 1. The zero-order valence-corrected chi connectivity index (χ0v) is 9.78. The van der Waals surface area contributed by atoms with Crippen molar-refractivity contribution in [3.8, 4) is 0 Å². The molecule has 72 valence electrons. The van der Waals surface area contributed by atoms with Crippen molar-refractivity contribution in [3.05, 3.63) is 22.7 Å². The van der Waals surface area contributed by atoms with Gasteiger partial charge < -0.3 is 5.32 Å². The molecule has 1 aromatic carbocycles. The van der Waals surface area contributed by atoms with Crippen LogP contribution in [0.15, 0.2) is 22.7 Å². The lowest BCUT2D eigenvalue weighted by molar-refractivity contribution is -0.114. The lowest BCUT2D eigenvalue weighted by Gasteiger charge is -1.97. The van der Waals surface area contributed by atoms with Crippen LogP contribution in [0.1, 0.15) is 6.92 Å².